The molecule has 4 heteroatoms. The fraction of sp³-hybridized carbons (Fsp3) is 0.278. The van der Waals surface area contributed by atoms with E-state index in [-0.39, 0.29) is 18.6 Å². The minimum absolute atomic E-state index is 0.0180. The lowest BCUT2D eigenvalue weighted by Crippen LogP contribution is -2.37. The molecular weight excluding hydrogens is 276 g/mol. The highest BCUT2D eigenvalue weighted by molar-refractivity contribution is 6.00. The summed E-state index contributed by atoms with van der Waals surface area (Å²) in [6, 6.07) is 17.3. The molecule has 2 aromatic rings. The maximum absolute atomic E-state index is 12.8. The molecule has 0 unspecified atom stereocenters. The molecule has 1 amide bonds. The van der Waals surface area contributed by atoms with Crippen LogP contribution in [0.5, 0.6) is 0 Å². The zero-order valence-electron chi connectivity index (χ0n) is 12.4. The van der Waals surface area contributed by atoms with Crippen LogP contribution in [0.3, 0.4) is 0 Å². The molecule has 0 aliphatic carbocycles. The van der Waals surface area contributed by atoms with Crippen molar-refractivity contribution >= 4 is 17.3 Å². The molecule has 0 spiro atoms. The van der Waals surface area contributed by atoms with Crippen LogP contribution in [0.15, 0.2) is 54.6 Å². The summed E-state index contributed by atoms with van der Waals surface area (Å²) in [5, 5.41) is 12.7. The topological polar surface area (TPSA) is 52.6 Å². The van der Waals surface area contributed by atoms with Crippen molar-refractivity contribution in [2.45, 2.75) is 18.9 Å². The first-order chi connectivity index (χ1) is 10.8. The summed E-state index contributed by atoms with van der Waals surface area (Å²) in [5.74, 6) is -0.0180. The third-order valence-corrected chi connectivity index (χ3v) is 4.06. The minimum atomic E-state index is -0.0581. The summed E-state index contributed by atoms with van der Waals surface area (Å²) < 4.78 is 0. The van der Waals surface area contributed by atoms with Crippen LogP contribution in [0.4, 0.5) is 11.4 Å². The van der Waals surface area contributed by atoms with E-state index in [9.17, 15) is 9.90 Å². The van der Waals surface area contributed by atoms with Crippen LogP contribution in [-0.2, 0) is 0 Å². The number of amides is 1. The highest BCUT2D eigenvalue weighted by Crippen LogP contribution is 2.25. The summed E-state index contributed by atoms with van der Waals surface area (Å²) in [7, 11) is 0. The summed E-state index contributed by atoms with van der Waals surface area (Å²) in [5.41, 5.74) is 2.39. The zero-order valence-corrected chi connectivity index (χ0v) is 12.4. The number of aliphatic hydroxyl groups is 1. The Kier molecular flexibility index (Phi) is 4.39. The number of hydrogen-bond donors (Lipinski definition) is 2. The van der Waals surface area contributed by atoms with Crippen LogP contribution in [0, 0.1) is 0 Å². The molecule has 2 aromatic carbocycles. The normalized spacial score (nSPS) is 17.5. The van der Waals surface area contributed by atoms with Crippen LogP contribution >= 0.6 is 0 Å². The van der Waals surface area contributed by atoms with Crippen molar-refractivity contribution in [2.75, 3.05) is 18.5 Å². The molecule has 2 N–H and O–H groups in total. The molecule has 0 saturated carbocycles. The van der Waals surface area contributed by atoms with Crippen LogP contribution in [-0.4, -0.2) is 35.1 Å². The molecule has 1 aliphatic heterocycles. The average molecular weight is 296 g/mol. The van der Waals surface area contributed by atoms with Crippen molar-refractivity contribution in [1.82, 2.24) is 4.90 Å². The molecular formula is C18H20N2O2. The Morgan fingerprint density at radius 2 is 1.86 bits per heavy atom. The molecule has 1 fully saturated rings. The molecule has 1 aliphatic rings. The molecule has 1 heterocycles. The van der Waals surface area contributed by atoms with E-state index >= 15 is 0 Å². The number of hydrogen-bond acceptors (Lipinski definition) is 3. The Hall–Kier alpha value is -2.33. The van der Waals surface area contributed by atoms with Gasteiger partial charge in [0.25, 0.3) is 5.91 Å². The van der Waals surface area contributed by atoms with Gasteiger partial charge in [-0.2, -0.15) is 0 Å². The predicted molar refractivity (Wildman–Crippen MR) is 87.3 cm³/mol. The summed E-state index contributed by atoms with van der Waals surface area (Å²) in [6.45, 7) is 0.740. The van der Waals surface area contributed by atoms with Gasteiger partial charge in [0.2, 0.25) is 0 Å². The Labute approximate surface area is 130 Å². The van der Waals surface area contributed by atoms with Gasteiger partial charge in [0.05, 0.1) is 23.9 Å². The maximum atomic E-state index is 12.8. The van der Waals surface area contributed by atoms with Crippen LogP contribution in [0.2, 0.25) is 0 Å². The molecule has 114 valence electrons. The number of rotatable bonds is 4. The van der Waals surface area contributed by atoms with Crippen molar-refractivity contribution in [2.24, 2.45) is 0 Å². The van der Waals surface area contributed by atoms with E-state index in [1.165, 1.54) is 0 Å². The molecule has 3 rings (SSSR count). The fourth-order valence-corrected chi connectivity index (χ4v) is 2.90. The Morgan fingerprint density at radius 3 is 2.64 bits per heavy atom. The molecule has 0 bridgehead atoms. The van der Waals surface area contributed by atoms with Gasteiger partial charge in [-0.15, -0.1) is 0 Å². The van der Waals surface area contributed by atoms with Crippen molar-refractivity contribution in [3.05, 3.63) is 60.2 Å². The number of aliphatic hydroxyl groups excluding tert-OH is 1. The van der Waals surface area contributed by atoms with Gasteiger partial charge in [-0.1, -0.05) is 30.3 Å². The van der Waals surface area contributed by atoms with Crippen molar-refractivity contribution in [3.63, 3.8) is 0 Å². The van der Waals surface area contributed by atoms with E-state index in [1.807, 2.05) is 54.6 Å². The highest BCUT2D eigenvalue weighted by atomic mass is 16.3. The molecule has 0 aromatic heterocycles. The molecule has 4 nitrogen and oxygen atoms in total. The van der Waals surface area contributed by atoms with Crippen molar-refractivity contribution < 1.29 is 9.90 Å². The van der Waals surface area contributed by atoms with Gasteiger partial charge in [-0.05, 0) is 37.1 Å². The van der Waals surface area contributed by atoms with Gasteiger partial charge in [-0.3, -0.25) is 4.79 Å². The van der Waals surface area contributed by atoms with Crippen molar-refractivity contribution in [1.29, 1.82) is 0 Å². The molecule has 0 radical (unpaired) electrons. The second-order valence-corrected chi connectivity index (χ2v) is 5.51. The van der Waals surface area contributed by atoms with E-state index in [0.717, 1.165) is 24.2 Å². The third-order valence-electron chi connectivity index (χ3n) is 4.06. The van der Waals surface area contributed by atoms with Gasteiger partial charge >= 0.3 is 0 Å². The number of carbonyl (C=O) groups excluding carboxylic acids is 1. The monoisotopic (exact) mass is 296 g/mol. The Morgan fingerprint density at radius 1 is 1.14 bits per heavy atom. The number of nitrogens with zero attached hydrogens (tertiary/aromatic N) is 1. The number of nitrogens with one attached hydrogen (secondary N) is 1. The standard InChI is InChI=1S/C18H20N2O2/c21-13-15-9-6-12-20(15)18(22)16-10-4-5-11-17(16)19-14-7-2-1-3-8-14/h1-5,7-8,10-11,15,19,21H,6,9,12-13H2/t15-/m0/s1. The summed E-state index contributed by atoms with van der Waals surface area (Å²) in [4.78, 5) is 14.6. The second kappa shape index (κ2) is 6.62. The summed E-state index contributed by atoms with van der Waals surface area (Å²) >= 11 is 0. The van der Waals surface area contributed by atoms with Gasteiger partial charge in [0, 0.05) is 12.2 Å². The zero-order chi connectivity index (χ0) is 15.4. The van der Waals surface area contributed by atoms with Gasteiger partial charge in [-0.25, -0.2) is 0 Å². The second-order valence-electron chi connectivity index (χ2n) is 5.51. The summed E-state index contributed by atoms with van der Waals surface area (Å²) in [6.07, 6.45) is 1.82. The third kappa shape index (κ3) is 2.97. The lowest BCUT2D eigenvalue weighted by atomic mass is 10.1. The van der Waals surface area contributed by atoms with E-state index in [4.69, 9.17) is 0 Å². The average Bonchev–Trinajstić information content (AvgIpc) is 3.04. The van der Waals surface area contributed by atoms with Gasteiger partial charge in [0.1, 0.15) is 0 Å². The van der Waals surface area contributed by atoms with Crippen LogP contribution in [0.1, 0.15) is 23.2 Å². The van der Waals surface area contributed by atoms with Gasteiger partial charge < -0.3 is 15.3 Å². The predicted octanol–water partition coefficient (Wildman–Crippen LogP) is 3.03. The largest absolute Gasteiger partial charge is 0.394 e. The van der Waals surface area contributed by atoms with Crippen molar-refractivity contribution in [3.8, 4) is 0 Å². The lowest BCUT2D eigenvalue weighted by molar-refractivity contribution is 0.0678. The van der Waals surface area contributed by atoms with Crippen LogP contribution in [0.25, 0.3) is 0 Å². The number of benzene rings is 2. The van der Waals surface area contributed by atoms with E-state index in [2.05, 4.69) is 5.32 Å². The van der Waals surface area contributed by atoms with Gasteiger partial charge in [0.15, 0.2) is 0 Å². The number of anilines is 2. The Bertz CT molecular complexity index is 643. The molecule has 1 saturated heterocycles. The first-order valence-electron chi connectivity index (χ1n) is 7.62. The number of carbonyl (C=O) groups is 1. The maximum Gasteiger partial charge on any atom is 0.256 e. The molecule has 22 heavy (non-hydrogen) atoms. The number of likely N-dealkylation sites (tertiary alicyclic amines) is 1. The molecule has 1 atom stereocenters. The smallest absolute Gasteiger partial charge is 0.256 e. The quantitative estimate of drug-likeness (QED) is 0.912. The van der Waals surface area contributed by atoms with E-state index in [1.54, 1.807) is 4.90 Å². The fourth-order valence-electron chi connectivity index (χ4n) is 2.90. The van der Waals surface area contributed by atoms with Crippen LogP contribution < -0.4 is 5.32 Å². The SMILES string of the molecule is O=C(c1ccccc1Nc1ccccc1)N1CCC[C@H]1CO. The van der Waals surface area contributed by atoms with E-state index < -0.39 is 0 Å². The first kappa shape index (κ1) is 14.6. The highest BCUT2D eigenvalue weighted by Gasteiger charge is 2.29. The Balaban J connectivity index is 1.86. The first-order valence-corrected chi connectivity index (χ1v) is 7.62. The minimum Gasteiger partial charge on any atom is -0.394 e. The number of para-hydroxylation sites is 2. The lowest BCUT2D eigenvalue weighted by Gasteiger charge is -2.24. The van der Waals surface area contributed by atoms with E-state index in [0.29, 0.717) is 12.1 Å².